The van der Waals surface area contributed by atoms with Gasteiger partial charge in [0.1, 0.15) is 0 Å². The maximum absolute atomic E-state index is 12.3. The van der Waals surface area contributed by atoms with Gasteiger partial charge in [0.2, 0.25) is 5.91 Å². The van der Waals surface area contributed by atoms with Gasteiger partial charge in [-0.2, -0.15) is 0 Å². The number of amides is 1. The van der Waals surface area contributed by atoms with Crippen LogP contribution in [-0.4, -0.2) is 44.7 Å². The summed E-state index contributed by atoms with van der Waals surface area (Å²) >= 11 is 0. The molecular weight excluding hydrogens is 352 g/mol. The number of hydrogen-bond donors (Lipinski definition) is 1. The smallest absolute Gasteiger partial charge is 0.244 e. The zero-order valence-corrected chi connectivity index (χ0v) is 17.3. The van der Waals surface area contributed by atoms with E-state index in [-0.39, 0.29) is 18.1 Å². The van der Waals surface area contributed by atoms with Crippen LogP contribution >= 0.6 is 0 Å². The number of carbonyl (C=O) groups excluding carboxylic acids is 1. The van der Waals surface area contributed by atoms with Crippen molar-refractivity contribution >= 4 is 12.0 Å². The van der Waals surface area contributed by atoms with Crippen molar-refractivity contribution < 1.29 is 14.3 Å². The van der Waals surface area contributed by atoms with E-state index in [4.69, 9.17) is 9.47 Å². The Hall–Kier alpha value is -2.79. The molecule has 2 rings (SSSR count). The number of likely N-dealkylation sites (N-methyl/N-ethyl adjacent to an activating group) is 1. The molecule has 2 aromatic carbocycles. The van der Waals surface area contributed by atoms with Gasteiger partial charge in [-0.3, -0.25) is 4.79 Å². The molecule has 28 heavy (non-hydrogen) atoms. The van der Waals surface area contributed by atoms with Crippen LogP contribution in [0.5, 0.6) is 11.5 Å². The predicted molar refractivity (Wildman–Crippen MR) is 114 cm³/mol. The van der Waals surface area contributed by atoms with Crippen LogP contribution in [0, 0.1) is 0 Å². The van der Waals surface area contributed by atoms with Crippen molar-refractivity contribution in [3.63, 3.8) is 0 Å². The largest absolute Gasteiger partial charge is 0.493 e. The van der Waals surface area contributed by atoms with Gasteiger partial charge in [0, 0.05) is 12.6 Å². The molecule has 0 heterocycles. The molecule has 0 aliphatic carbocycles. The van der Waals surface area contributed by atoms with Crippen molar-refractivity contribution in [3.8, 4) is 11.5 Å². The van der Waals surface area contributed by atoms with Crippen molar-refractivity contribution in [2.24, 2.45) is 0 Å². The lowest BCUT2D eigenvalue weighted by atomic mass is 10.1. The first-order chi connectivity index (χ1) is 13.4. The van der Waals surface area contributed by atoms with Gasteiger partial charge in [-0.25, -0.2) is 0 Å². The molecule has 0 saturated carbocycles. The minimum atomic E-state index is -0.135. The number of nitrogens with zero attached hydrogens (tertiary/aromatic N) is 1. The van der Waals surface area contributed by atoms with Gasteiger partial charge >= 0.3 is 0 Å². The molecule has 0 spiro atoms. The van der Waals surface area contributed by atoms with Crippen molar-refractivity contribution in [2.45, 2.75) is 26.0 Å². The van der Waals surface area contributed by atoms with Crippen molar-refractivity contribution in [1.82, 2.24) is 10.2 Å². The molecule has 5 heteroatoms. The Balaban J connectivity index is 1.99. The van der Waals surface area contributed by atoms with Crippen LogP contribution < -0.4 is 14.8 Å². The highest BCUT2D eigenvalue weighted by Gasteiger charge is 2.14. The highest BCUT2D eigenvalue weighted by atomic mass is 16.5. The summed E-state index contributed by atoms with van der Waals surface area (Å²) in [6.07, 6.45) is 3.37. The highest BCUT2D eigenvalue weighted by Crippen LogP contribution is 2.29. The van der Waals surface area contributed by atoms with E-state index in [9.17, 15) is 4.79 Å². The van der Waals surface area contributed by atoms with Crippen LogP contribution in [0.1, 0.15) is 31.0 Å². The van der Waals surface area contributed by atoms with E-state index in [1.165, 1.54) is 11.6 Å². The summed E-state index contributed by atoms with van der Waals surface area (Å²) in [6.45, 7) is 4.47. The molecule has 1 amide bonds. The van der Waals surface area contributed by atoms with Crippen LogP contribution in [0.4, 0.5) is 0 Å². The lowest BCUT2D eigenvalue weighted by molar-refractivity contribution is -0.116. The van der Waals surface area contributed by atoms with E-state index in [2.05, 4.69) is 22.3 Å². The second-order valence-corrected chi connectivity index (χ2v) is 7.05. The fourth-order valence-corrected chi connectivity index (χ4v) is 2.84. The lowest BCUT2D eigenvalue weighted by Crippen LogP contribution is -2.33. The van der Waals surface area contributed by atoms with Crippen molar-refractivity contribution in [1.29, 1.82) is 0 Å². The van der Waals surface area contributed by atoms with Crippen molar-refractivity contribution in [2.75, 3.05) is 27.7 Å². The molecule has 1 atom stereocenters. The van der Waals surface area contributed by atoms with Gasteiger partial charge in [0.15, 0.2) is 11.5 Å². The summed E-state index contributed by atoms with van der Waals surface area (Å²) in [5.74, 6) is 1.20. The number of methoxy groups -OCH3 is 1. The Morgan fingerprint density at radius 1 is 1.11 bits per heavy atom. The van der Waals surface area contributed by atoms with Gasteiger partial charge in [0.05, 0.1) is 19.3 Å². The number of rotatable bonds is 9. The first kappa shape index (κ1) is 21.5. The van der Waals surface area contributed by atoms with Crippen LogP contribution in [0.3, 0.4) is 0 Å². The Bertz CT molecular complexity index is 786. The summed E-state index contributed by atoms with van der Waals surface area (Å²) in [5.41, 5.74) is 2.04. The summed E-state index contributed by atoms with van der Waals surface area (Å²) in [6, 6.07) is 15.9. The fourth-order valence-electron chi connectivity index (χ4n) is 2.84. The normalized spacial score (nSPS) is 12.4. The van der Waals surface area contributed by atoms with Gasteiger partial charge < -0.3 is 19.7 Å². The molecule has 0 bridgehead atoms. The first-order valence-electron chi connectivity index (χ1n) is 9.42. The van der Waals surface area contributed by atoms with Crippen LogP contribution in [0.2, 0.25) is 0 Å². The zero-order chi connectivity index (χ0) is 20.5. The minimum absolute atomic E-state index is 0.0651. The molecule has 5 nitrogen and oxygen atoms in total. The molecule has 0 saturated heterocycles. The third-order valence-electron chi connectivity index (χ3n) is 4.25. The maximum atomic E-state index is 12.3. The average molecular weight is 383 g/mol. The zero-order valence-electron chi connectivity index (χ0n) is 17.3. The van der Waals surface area contributed by atoms with E-state index in [0.717, 1.165) is 5.56 Å². The molecule has 0 aliphatic heterocycles. The quantitative estimate of drug-likeness (QED) is 0.668. The number of nitrogens with one attached hydrogen (secondary N) is 1. The van der Waals surface area contributed by atoms with Gasteiger partial charge in [-0.15, -0.1) is 0 Å². The SMILES string of the molecule is COc1cc(/C=C/C(=O)NCC(c2ccccc2)N(C)C)ccc1OC(C)C. The Morgan fingerprint density at radius 3 is 2.43 bits per heavy atom. The molecule has 1 unspecified atom stereocenters. The molecular formula is C23H30N2O3. The van der Waals surface area contributed by atoms with Gasteiger partial charge in [-0.05, 0) is 57.3 Å². The molecule has 0 radical (unpaired) electrons. The molecule has 1 N–H and O–H groups in total. The summed E-state index contributed by atoms with van der Waals surface area (Å²) in [5, 5.41) is 2.98. The summed E-state index contributed by atoms with van der Waals surface area (Å²) in [4.78, 5) is 14.4. The lowest BCUT2D eigenvalue weighted by Gasteiger charge is -2.24. The monoisotopic (exact) mass is 382 g/mol. The molecule has 0 aliphatic rings. The van der Waals surface area contributed by atoms with E-state index in [1.54, 1.807) is 13.2 Å². The number of carbonyl (C=O) groups is 1. The summed E-state index contributed by atoms with van der Waals surface area (Å²) in [7, 11) is 5.62. The van der Waals surface area contributed by atoms with E-state index in [0.29, 0.717) is 18.0 Å². The predicted octanol–water partition coefficient (Wildman–Crippen LogP) is 3.91. The Labute approximate surface area is 168 Å². The number of ether oxygens (including phenoxy) is 2. The minimum Gasteiger partial charge on any atom is -0.493 e. The topological polar surface area (TPSA) is 50.8 Å². The second-order valence-electron chi connectivity index (χ2n) is 7.05. The van der Waals surface area contributed by atoms with Gasteiger partial charge in [0.25, 0.3) is 0 Å². The van der Waals surface area contributed by atoms with E-state index in [1.807, 2.05) is 64.3 Å². The van der Waals surface area contributed by atoms with Gasteiger partial charge in [-0.1, -0.05) is 36.4 Å². The second kappa shape index (κ2) is 10.5. The standard InChI is InChI=1S/C23H30N2O3/c1-17(2)28-21-13-11-18(15-22(21)27-5)12-14-23(26)24-16-20(25(3)4)19-9-7-6-8-10-19/h6-15,17,20H,16H2,1-5H3,(H,24,26)/b14-12+. The summed E-state index contributed by atoms with van der Waals surface area (Å²) < 4.78 is 11.1. The number of hydrogen-bond acceptors (Lipinski definition) is 4. The number of benzene rings is 2. The molecule has 0 fully saturated rings. The first-order valence-corrected chi connectivity index (χ1v) is 9.42. The Kier molecular flexibility index (Phi) is 8.08. The Morgan fingerprint density at radius 2 is 1.82 bits per heavy atom. The molecule has 150 valence electrons. The molecule has 0 aromatic heterocycles. The highest BCUT2D eigenvalue weighted by molar-refractivity contribution is 5.91. The van der Waals surface area contributed by atoms with Crippen LogP contribution in [-0.2, 0) is 4.79 Å². The maximum Gasteiger partial charge on any atom is 0.244 e. The third kappa shape index (κ3) is 6.43. The average Bonchev–Trinajstić information content (AvgIpc) is 2.67. The fraction of sp³-hybridized carbons (Fsp3) is 0.348. The van der Waals surface area contributed by atoms with Crippen LogP contribution in [0.15, 0.2) is 54.6 Å². The van der Waals surface area contributed by atoms with Crippen LogP contribution in [0.25, 0.3) is 6.08 Å². The van der Waals surface area contributed by atoms with E-state index >= 15 is 0 Å². The van der Waals surface area contributed by atoms with Crippen molar-refractivity contribution in [3.05, 3.63) is 65.7 Å². The third-order valence-corrected chi connectivity index (χ3v) is 4.25. The van der Waals surface area contributed by atoms with E-state index < -0.39 is 0 Å². The molecule has 2 aromatic rings.